The molecule has 9 heteroatoms. The number of nitrogens with zero attached hydrogens (tertiary/aromatic N) is 4. The molecule has 1 aliphatic heterocycles. The van der Waals surface area contributed by atoms with E-state index >= 15 is 0 Å². The Hall–Kier alpha value is -4.14. The van der Waals surface area contributed by atoms with Gasteiger partial charge in [0.15, 0.2) is 17.1 Å². The number of ether oxygens (including phenoxy) is 2. The van der Waals surface area contributed by atoms with Gasteiger partial charge in [-0.2, -0.15) is 0 Å². The van der Waals surface area contributed by atoms with Gasteiger partial charge in [-0.3, -0.25) is 4.79 Å². The molecule has 156 valence electrons. The molecular formula is C22H19N5O4. The number of carbonyl (C=O) groups excluding carboxylic acids is 1. The van der Waals surface area contributed by atoms with Gasteiger partial charge in [0.2, 0.25) is 12.7 Å². The largest absolute Gasteiger partial charge is 0.454 e. The Bertz CT molecular complexity index is 1340. The van der Waals surface area contributed by atoms with E-state index in [4.69, 9.17) is 9.47 Å². The molecule has 1 amide bonds. The van der Waals surface area contributed by atoms with Crippen molar-refractivity contribution < 1.29 is 14.3 Å². The zero-order chi connectivity index (χ0) is 21.4. The Balaban J connectivity index is 1.37. The van der Waals surface area contributed by atoms with Gasteiger partial charge in [0.05, 0.1) is 0 Å². The second-order valence-electron chi connectivity index (χ2n) is 7.19. The van der Waals surface area contributed by atoms with Crippen molar-refractivity contribution in [2.75, 3.05) is 6.79 Å². The third-order valence-electron chi connectivity index (χ3n) is 4.95. The van der Waals surface area contributed by atoms with Crippen LogP contribution in [0, 0.1) is 6.92 Å². The SMILES string of the molecule is Cc1cc2nn(CC(=O)NCc3ccc4c(c3)OCO4)c(=O)n2c(-c2ccccc2)n1. The highest BCUT2D eigenvalue weighted by molar-refractivity contribution is 5.75. The summed E-state index contributed by atoms with van der Waals surface area (Å²) in [5, 5.41) is 7.14. The van der Waals surface area contributed by atoms with Gasteiger partial charge in [0, 0.05) is 23.9 Å². The van der Waals surface area contributed by atoms with Crippen molar-refractivity contribution in [1.29, 1.82) is 0 Å². The fourth-order valence-electron chi connectivity index (χ4n) is 3.48. The van der Waals surface area contributed by atoms with E-state index in [2.05, 4.69) is 15.4 Å². The molecule has 3 heterocycles. The maximum absolute atomic E-state index is 13.0. The predicted molar refractivity (Wildman–Crippen MR) is 112 cm³/mol. The van der Waals surface area contributed by atoms with Crippen LogP contribution in [0.2, 0.25) is 0 Å². The summed E-state index contributed by atoms with van der Waals surface area (Å²) >= 11 is 0. The van der Waals surface area contributed by atoms with Crippen LogP contribution >= 0.6 is 0 Å². The van der Waals surface area contributed by atoms with E-state index in [1.165, 1.54) is 4.40 Å². The summed E-state index contributed by atoms with van der Waals surface area (Å²) in [6, 6.07) is 16.6. The summed E-state index contributed by atoms with van der Waals surface area (Å²) in [6.07, 6.45) is 0. The molecule has 0 aliphatic carbocycles. The molecule has 0 saturated carbocycles. The summed E-state index contributed by atoms with van der Waals surface area (Å²) in [4.78, 5) is 30.0. The van der Waals surface area contributed by atoms with Crippen LogP contribution in [-0.2, 0) is 17.9 Å². The number of aryl methyl sites for hydroxylation is 1. The minimum absolute atomic E-state index is 0.196. The Kier molecular flexibility index (Phi) is 4.62. The molecule has 4 aromatic rings. The molecule has 9 nitrogen and oxygen atoms in total. The highest BCUT2D eigenvalue weighted by Crippen LogP contribution is 2.32. The minimum Gasteiger partial charge on any atom is -0.454 e. The summed E-state index contributed by atoms with van der Waals surface area (Å²) in [5.41, 5.74) is 2.42. The first-order chi connectivity index (χ1) is 15.1. The number of hydrogen-bond donors (Lipinski definition) is 1. The lowest BCUT2D eigenvalue weighted by atomic mass is 10.2. The fraction of sp³-hybridized carbons (Fsp3) is 0.182. The summed E-state index contributed by atoms with van der Waals surface area (Å²) in [7, 11) is 0. The number of fused-ring (bicyclic) bond motifs is 2. The molecule has 0 fully saturated rings. The molecular weight excluding hydrogens is 398 g/mol. The van der Waals surface area contributed by atoms with Crippen LogP contribution in [0.5, 0.6) is 11.5 Å². The molecule has 5 rings (SSSR count). The molecule has 0 radical (unpaired) electrons. The van der Waals surface area contributed by atoms with Crippen LogP contribution in [0.25, 0.3) is 17.0 Å². The number of hydrogen-bond acceptors (Lipinski definition) is 6. The number of benzene rings is 2. The van der Waals surface area contributed by atoms with Gasteiger partial charge in [-0.25, -0.2) is 18.9 Å². The molecule has 0 bridgehead atoms. The van der Waals surface area contributed by atoms with Crippen molar-refractivity contribution in [3.63, 3.8) is 0 Å². The molecule has 0 saturated heterocycles. The lowest BCUT2D eigenvalue weighted by molar-refractivity contribution is -0.122. The fourth-order valence-corrected chi connectivity index (χ4v) is 3.48. The lowest BCUT2D eigenvalue weighted by Crippen LogP contribution is -2.32. The van der Waals surface area contributed by atoms with Crippen molar-refractivity contribution in [2.24, 2.45) is 0 Å². The van der Waals surface area contributed by atoms with Crippen LogP contribution in [0.1, 0.15) is 11.3 Å². The topological polar surface area (TPSA) is 99.8 Å². The molecule has 2 aromatic heterocycles. The lowest BCUT2D eigenvalue weighted by Gasteiger charge is -2.06. The average molecular weight is 417 g/mol. The van der Waals surface area contributed by atoms with E-state index in [1.54, 1.807) is 12.1 Å². The van der Waals surface area contributed by atoms with Gasteiger partial charge in [0.1, 0.15) is 12.4 Å². The zero-order valence-electron chi connectivity index (χ0n) is 16.7. The smallest absolute Gasteiger partial charge is 0.352 e. The number of nitrogens with one attached hydrogen (secondary N) is 1. The van der Waals surface area contributed by atoms with Crippen LogP contribution in [0.15, 0.2) is 59.4 Å². The van der Waals surface area contributed by atoms with Crippen LogP contribution in [-0.4, -0.2) is 31.9 Å². The number of rotatable bonds is 5. The van der Waals surface area contributed by atoms with Gasteiger partial charge in [-0.1, -0.05) is 36.4 Å². The van der Waals surface area contributed by atoms with Gasteiger partial charge < -0.3 is 14.8 Å². The Morgan fingerprint density at radius 2 is 1.90 bits per heavy atom. The predicted octanol–water partition coefficient (Wildman–Crippen LogP) is 1.91. The second-order valence-corrected chi connectivity index (χ2v) is 7.19. The third kappa shape index (κ3) is 3.61. The number of carbonyl (C=O) groups is 1. The monoisotopic (exact) mass is 417 g/mol. The summed E-state index contributed by atoms with van der Waals surface area (Å²) < 4.78 is 13.2. The molecule has 31 heavy (non-hydrogen) atoms. The highest BCUT2D eigenvalue weighted by atomic mass is 16.7. The molecule has 1 aliphatic rings. The van der Waals surface area contributed by atoms with E-state index < -0.39 is 5.69 Å². The van der Waals surface area contributed by atoms with E-state index in [-0.39, 0.29) is 19.2 Å². The molecule has 1 N–H and O–H groups in total. The third-order valence-corrected chi connectivity index (χ3v) is 4.95. The second kappa shape index (κ2) is 7.60. The first kappa shape index (κ1) is 18.9. The maximum atomic E-state index is 13.0. The Morgan fingerprint density at radius 3 is 2.74 bits per heavy atom. The van der Waals surface area contributed by atoms with Crippen molar-refractivity contribution in [3.05, 3.63) is 76.3 Å². The molecule has 0 spiro atoms. The van der Waals surface area contributed by atoms with Crippen molar-refractivity contribution in [2.45, 2.75) is 20.0 Å². The first-order valence-corrected chi connectivity index (χ1v) is 9.76. The average Bonchev–Trinajstić information content (AvgIpc) is 3.36. The standard InChI is InChI=1S/C22H19N5O4/c1-14-9-19-25-26(22(29)27(19)21(24-14)16-5-3-2-4-6-16)12-20(28)23-11-15-7-8-17-18(10-15)31-13-30-17/h2-10H,11-13H2,1H3,(H,23,28). The van der Waals surface area contributed by atoms with E-state index in [0.717, 1.165) is 21.5 Å². The summed E-state index contributed by atoms with van der Waals surface area (Å²) in [6.45, 7) is 2.14. The minimum atomic E-state index is -0.417. The number of aromatic nitrogens is 4. The molecule has 0 atom stereocenters. The normalized spacial score (nSPS) is 12.3. The van der Waals surface area contributed by atoms with Gasteiger partial charge in [0.25, 0.3) is 0 Å². The first-order valence-electron chi connectivity index (χ1n) is 9.76. The Labute approximate surface area is 176 Å². The van der Waals surface area contributed by atoms with E-state index in [1.807, 2.05) is 49.4 Å². The van der Waals surface area contributed by atoms with Crippen molar-refractivity contribution in [1.82, 2.24) is 24.5 Å². The number of amides is 1. The Morgan fingerprint density at radius 1 is 1.10 bits per heavy atom. The zero-order valence-corrected chi connectivity index (χ0v) is 16.7. The van der Waals surface area contributed by atoms with Crippen LogP contribution < -0.4 is 20.5 Å². The van der Waals surface area contributed by atoms with Gasteiger partial charge in [-0.15, -0.1) is 5.10 Å². The van der Waals surface area contributed by atoms with E-state index in [9.17, 15) is 9.59 Å². The van der Waals surface area contributed by atoms with E-state index in [0.29, 0.717) is 29.5 Å². The van der Waals surface area contributed by atoms with Crippen molar-refractivity contribution >= 4 is 11.6 Å². The molecule has 2 aromatic carbocycles. The molecule has 0 unspecified atom stereocenters. The van der Waals surface area contributed by atoms with Gasteiger partial charge in [-0.05, 0) is 24.6 Å². The van der Waals surface area contributed by atoms with Crippen molar-refractivity contribution in [3.8, 4) is 22.9 Å². The summed E-state index contributed by atoms with van der Waals surface area (Å²) in [5.74, 6) is 1.51. The van der Waals surface area contributed by atoms with Gasteiger partial charge >= 0.3 is 5.69 Å². The quantitative estimate of drug-likeness (QED) is 0.533. The van der Waals surface area contributed by atoms with Crippen LogP contribution in [0.3, 0.4) is 0 Å². The maximum Gasteiger partial charge on any atom is 0.352 e. The van der Waals surface area contributed by atoms with Crippen LogP contribution in [0.4, 0.5) is 0 Å². The highest BCUT2D eigenvalue weighted by Gasteiger charge is 2.17.